The molecule has 0 aliphatic rings. The van der Waals surface area contributed by atoms with Gasteiger partial charge in [-0.05, 0) is 43.7 Å². The molecule has 2 rings (SSSR count). The van der Waals surface area contributed by atoms with Gasteiger partial charge in [0.05, 0.1) is 4.92 Å². The Labute approximate surface area is 127 Å². The Bertz CT molecular complexity index is 714. The molecule has 114 valence electrons. The maximum Gasteiger partial charge on any atom is 0.269 e. The van der Waals surface area contributed by atoms with Crippen LogP contribution in [0.15, 0.2) is 40.8 Å². The van der Waals surface area contributed by atoms with Crippen LogP contribution in [0, 0.1) is 24.0 Å². The van der Waals surface area contributed by atoms with Gasteiger partial charge in [0.2, 0.25) is 5.91 Å². The van der Waals surface area contributed by atoms with Crippen molar-refractivity contribution < 1.29 is 14.1 Å². The van der Waals surface area contributed by atoms with Gasteiger partial charge in [0.15, 0.2) is 0 Å². The lowest BCUT2D eigenvalue weighted by molar-refractivity contribution is -0.384. The lowest BCUT2D eigenvalue weighted by Gasteiger charge is -2.00. The first-order chi connectivity index (χ1) is 10.5. The third kappa shape index (κ3) is 4.05. The number of non-ortho nitro benzene ring substituents is 1. The van der Waals surface area contributed by atoms with Crippen molar-refractivity contribution in [3.05, 3.63) is 69.2 Å². The van der Waals surface area contributed by atoms with Crippen LogP contribution in [-0.2, 0) is 11.3 Å². The third-order valence-electron chi connectivity index (χ3n) is 3.13. The van der Waals surface area contributed by atoms with E-state index in [4.69, 9.17) is 4.42 Å². The minimum Gasteiger partial charge on any atom is -0.466 e. The second kappa shape index (κ2) is 6.71. The zero-order valence-corrected chi connectivity index (χ0v) is 12.3. The van der Waals surface area contributed by atoms with Crippen LogP contribution in [-0.4, -0.2) is 10.8 Å². The number of nitro benzene ring substituents is 1. The summed E-state index contributed by atoms with van der Waals surface area (Å²) in [6, 6.07) is 7.86. The number of rotatable bonds is 5. The highest BCUT2D eigenvalue weighted by molar-refractivity contribution is 5.91. The van der Waals surface area contributed by atoms with E-state index in [2.05, 4.69) is 5.32 Å². The number of carbonyl (C=O) groups is 1. The summed E-state index contributed by atoms with van der Waals surface area (Å²) in [6.07, 6.45) is 3.00. The van der Waals surface area contributed by atoms with Crippen molar-refractivity contribution in [2.24, 2.45) is 0 Å². The van der Waals surface area contributed by atoms with Gasteiger partial charge in [0, 0.05) is 30.3 Å². The Kier molecular flexibility index (Phi) is 4.73. The Morgan fingerprint density at radius 3 is 2.55 bits per heavy atom. The van der Waals surface area contributed by atoms with Gasteiger partial charge in [0.25, 0.3) is 5.69 Å². The molecule has 0 fully saturated rings. The predicted octanol–water partition coefficient (Wildman–Crippen LogP) is 3.13. The zero-order valence-electron chi connectivity index (χ0n) is 12.3. The van der Waals surface area contributed by atoms with Crippen molar-refractivity contribution in [3.63, 3.8) is 0 Å². The Morgan fingerprint density at radius 1 is 1.32 bits per heavy atom. The molecular formula is C16H16N2O4. The Morgan fingerprint density at radius 2 is 2.00 bits per heavy atom. The molecule has 1 N–H and O–H groups in total. The minimum atomic E-state index is -0.463. The van der Waals surface area contributed by atoms with Crippen molar-refractivity contribution in [2.45, 2.75) is 20.4 Å². The molecule has 6 nitrogen and oxygen atoms in total. The van der Waals surface area contributed by atoms with Crippen molar-refractivity contribution in [1.29, 1.82) is 0 Å². The van der Waals surface area contributed by atoms with Gasteiger partial charge in [-0.1, -0.05) is 0 Å². The van der Waals surface area contributed by atoms with Crippen LogP contribution in [0.2, 0.25) is 0 Å². The first-order valence-corrected chi connectivity index (χ1v) is 6.72. The van der Waals surface area contributed by atoms with E-state index in [0.717, 1.165) is 22.6 Å². The number of amides is 1. The van der Waals surface area contributed by atoms with Crippen LogP contribution in [0.25, 0.3) is 6.08 Å². The van der Waals surface area contributed by atoms with Crippen LogP contribution in [0.1, 0.15) is 22.6 Å². The maximum absolute atomic E-state index is 11.7. The number of hydrogen-bond donors (Lipinski definition) is 1. The number of aryl methyl sites for hydroxylation is 2. The normalized spacial score (nSPS) is 10.8. The second-order valence-corrected chi connectivity index (χ2v) is 4.84. The van der Waals surface area contributed by atoms with E-state index in [1.54, 1.807) is 18.2 Å². The molecule has 0 saturated heterocycles. The highest BCUT2D eigenvalue weighted by atomic mass is 16.6. The predicted molar refractivity (Wildman–Crippen MR) is 82.2 cm³/mol. The van der Waals surface area contributed by atoms with Crippen molar-refractivity contribution in [3.8, 4) is 0 Å². The summed E-state index contributed by atoms with van der Waals surface area (Å²) < 4.78 is 5.38. The van der Waals surface area contributed by atoms with Crippen LogP contribution in [0.3, 0.4) is 0 Å². The van der Waals surface area contributed by atoms with Gasteiger partial charge in [-0.2, -0.15) is 0 Å². The van der Waals surface area contributed by atoms with Crippen LogP contribution < -0.4 is 5.32 Å². The molecule has 0 bridgehead atoms. The number of carbonyl (C=O) groups excluding carboxylic acids is 1. The molecule has 6 heteroatoms. The second-order valence-electron chi connectivity index (χ2n) is 4.84. The van der Waals surface area contributed by atoms with E-state index >= 15 is 0 Å². The van der Waals surface area contributed by atoms with Crippen molar-refractivity contribution >= 4 is 17.7 Å². The average molecular weight is 300 g/mol. The molecule has 0 spiro atoms. The molecule has 0 atom stereocenters. The fourth-order valence-corrected chi connectivity index (χ4v) is 1.98. The highest BCUT2D eigenvalue weighted by Gasteiger charge is 2.05. The molecule has 1 amide bonds. The zero-order chi connectivity index (χ0) is 16.1. The third-order valence-corrected chi connectivity index (χ3v) is 3.13. The standard InChI is InChI=1S/C16H16N2O4/c1-11-9-14(12(2)22-11)10-17-16(19)8-5-13-3-6-15(7-4-13)18(20)21/h3-9H,10H2,1-2H3,(H,17,19)/b8-5+. The molecular weight excluding hydrogens is 284 g/mol. The molecule has 1 aromatic heterocycles. The fraction of sp³-hybridized carbons (Fsp3) is 0.188. The van der Waals surface area contributed by atoms with Crippen LogP contribution >= 0.6 is 0 Å². The fourth-order valence-electron chi connectivity index (χ4n) is 1.98. The number of furan rings is 1. The first kappa shape index (κ1) is 15.5. The van der Waals surface area contributed by atoms with Gasteiger partial charge in [-0.25, -0.2) is 0 Å². The summed E-state index contributed by atoms with van der Waals surface area (Å²) in [5.41, 5.74) is 1.68. The number of hydrogen-bond acceptors (Lipinski definition) is 4. The van der Waals surface area contributed by atoms with Gasteiger partial charge in [0.1, 0.15) is 11.5 Å². The number of benzene rings is 1. The lowest BCUT2D eigenvalue weighted by Crippen LogP contribution is -2.20. The van der Waals surface area contributed by atoms with E-state index in [0.29, 0.717) is 6.54 Å². The van der Waals surface area contributed by atoms with Gasteiger partial charge < -0.3 is 9.73 Å². The van der Waals surface area contributed by atoms with Crippen LogP contribution in [0.4, 0.5) is 5.69 Å². The van der Waals surface area contributed by atoms with E-state index in [-0.39, 0.29) is 11.6 Å². The van der Waals surface area contributed by atoms with Crippen molar-refractivity contribution in [1.82, 2.24) is 5.32 Å². The number of nitrogens with zero attached hydrogens (tertiary/aromatic N) is 1. The summed E-state index contributed by atoms with van der Waals surface area (Å²) in [5, 5.41) is 13.3. The summed E-state index contributed by atoms with van der Waals surface area (Å²) in [7, 11) is 0. The highest BCUT2D eigenvalue weighted by Crippen LogP contribution is 2.14. The maximum atomic E-state index is 11.7. The molecule has 0 aliphatic heterocycles. The van der Waals surface area contributed by atoms with Gasteiger partial charge >= 0.3 is 0 Å². The molecule has 1 heterocycles. The van der Waals surface area contributed by atoms with E-state index in [1.165, 1.54) is 18.2 Å². The largest absolute Gasteiger partial charge is 0.466 e. The summed E-state index contributed by atoms with van der Waals surface area (Å²) in [4.78, 5) is 21.8. The van der Waals surface area contributed by atoms with Crippen molar-refractivity contribution in [2.75, 3.05) is 0 Å². The van der Waals surface area contributed by atoms with E-state index < -0.39 is 4.92 Å². The number of nitrogens with one attached hydrogen (secondary N) is 1. The Hall–Kier alpha value is -2.89. The minimum absolute atomic E-state index is 0.0207. The molecule has 0 aliphatic carbocycles. The quantitative estimate of drug-likeness (QED) is 0.522. The van der Waals surface area contributed by atoms with E-state index in [9.17, 15) is 14.9 Å². The summed E-state index contributed by atoms with van der Waals surface area (Å²) in [5.74, 6) is 1.36. The SMILES string of the molecule is Cc1cc(CNC(=O)/C=C/c2ccc([N+](=O)[O-])cc2)c(C)o1. The van der Waals surface area contributed by atoms with E-state index in [1.807, 2.05) is 19.9 Å². The summed E-state index contributed by atoms with van der Waals surface area (Å²) >= 11 is 0. The molecule has 0 unspecified atom stereocenters. The smallest absolute Gasteiger partial charge is 0.269 e. The monoisotopic (exact) mass is 300 g/mol. The molecule has 0 radical (unpaired) electrons. The Balaban J connectivity index is 1.91. The van der Waals surface area contributed by atoms with Gasteiger partial charge in [-0.15, -0.1) is 0 Å². The summed E-state index contributed by atoms with van der Waals surface area (Å²) in [6.45, 7) is 4.10. The molecule has 2 aromatic rings. The average Bonchev–Trinajstić information content (AvgIpc) is 2.81. The molecule has 1 aromatic carbocycles. The number of nitro groups is 1. The van der Waals surface area contributed by atoms with Gasteiger partial charge in [-0.3, -0.25) is 14.9 Å². The molecule has 22 heavy (non-hydrogen) atoms. The molecule has 0 saturated carbocycles. The lowest BCUT2D eigenvalue weighted by atomic mass is 10.2. The van der Waals surface area contributed by atoms with Crippen LogP contribution in [0.5, 0.6) is 0 Å². The topological polar surface area (TPSA) is 85.4 Å². The first-order valence-electron chi connectivity index (χ1n) is 6.72.